The molecule has 0 saturated heterocycles. The van der Waals surface area contributed by atoms with Crippen LogP contribution in [0.3, 0.4) is 0 Å². The Hall–Kier alpha value is -2.39. The minimum Gasteiger partial charge on any atom is -0.462 e. The molecule has 0 fully saturated rings. The van der Waals surface area contributed by atoms with Crippen LogP contribution in [0.4, 0.5) is 0 Å². The van der Waals surface area contributed by atoms with Crippen LogP contribution >= 0.6 is 11.6 Å². The summed E-state index contributed by atoms with van der Waals surface area (Å²) in [5.41, 5.74) is 1.14. The summed E-state index contributed by atoms with van der Waals surface area (Å²) in [7, 11) is 0. The second-order valence-electron chi connectivity index (χ2n) is 4.53. The van der Waals surface area contributed by atoms with Gasteiger partial charge in [0.1, 0.15) is 5.57 Å². The van der Waals surface area contributed by atoms with Gasteiger partial charge in [0.2, 0.25) is 0 Å². The van der Waals surface area contributed by atoms with E-state index < -0.39 is 5.97 Å². The van der Waals surface area contributed by atoms with Gasteiger partial charge in [-0.3, -0.25) is 4.79 Å². The second kappa shape index (κ2) is 7.57. The zero-order valence-electron chi connectivity index (χ0n) is 12.1. The molecule has 0 radical (unpaired) electrons. The average Bonchev–Trinajstić information content (AvgIpc) is 2.54. The highest BCUT2D eigenvalue weighted by Gasteiger charge is 2.20. The van der Waals surface area contributed by atoms with Crippen molar-refractivity contribution in [2.75, 3.05) is 6.61 Å². The van der Waals surface area contributed by atoms with Crippen LogP contribution in [0.5, 0.6) is 0 Å². The number of hydrogen-bond acceptors (Lipinski definition) is 3. The Morgan fingerprint density at radius 2 is 1.68 bits per heavy atom. The molecule has 2 aromatic carbocycles. The number of benzene rings is 2. The fourth-order valence-corrected chi connectivity index (χ4v) is 2.02. The summed E-state index contributed by atoms with van der Waals surface area (Å²) < 4.78 is 4.99. The molecule has 0 N–H and O–H groups in total. The average molecular weight is 315 g/mol. The lowest BCUT2D eigenvalue weighted by Crippen LogP contribution is -2.16. The summed E-state index contributed by atoms with van der Waals surface area (Å²) in [5.74, 6) is -1.000. The number of esters is 1. The van der Waals surface area contributed by atoms with E-state index in [9.17, 15) is 9.59 Å². The van der Waals surface area contributed by atoms with Gasteiger partial charge in [-0.05, 0) is 30.7 Å². The third-order valence-electron chi connectivity index (χ3n) is 2.96. The first-order valence-electron chi connectivity index (χ1n) is 6.86. The Morgan fingerprint density at radius 1 is 1.05 bits per heavy atom. The highest BCUT2D eigenvalue weighted by molar-refractivity contribution is 6.30. The smallest absolute Gasteiger partial charge is 0.342 e. The first kappa shape index (κ1) is 16.0. The first-order valence-corrected chi connectivity index (χ1v) is 7.23. The molecule has 0 aromatic heterocycles. The largest absolute Gasteiger partial charge is 0.462 e. The molecule has 4 heteroatoms. The Morgan fingerprint density at radius 3 is 2.27 bits per heavy atom. The van der Waals surface area contributed by atoms with Crippen LogP contribution in [0.25, 0.3) is 6.08 Å². The molecule has 0 atom stereocenters. The Bertz CT molecular complexity index is 688. The summed E-state index contributed by atoms with van der Waals surface area (Å²) in [6.45, 7) is 1.91. The van der Waals surface area contributed by atoms with E-state index in [0.29, 0.717) is 16.1 Å². The molecule has 0 saturated carbocycles. The number of ether oxygens (including phenoxy) is 1. The Balaban J connectivity index is 2.40. The SMILES string of the molecule is CCOC(=O)C(=Cc1ccc(Cl)cc1)C(=O)c1ccccc1. The third-order valence-corrected chi connectivity index (χ3v) is 3.21. The van der Waals surface area contributed by atoms with E-state index >= 15 is 0 Å². The number of carbonyl (C=O) groups excluding carboxylic acids is 2. The van der Waals surface area contributed by atoms with Crippen molar-refractivity contribution in [2.45, 2.75) is 6.92 Å². The quantitative estimate of drug-likeness (QED) is 0.273. The molecule has 0 aliphatic carbocycles. The van der Waals surface area contributed by atoms with Crippen molar-refractivity contribution in [3.05, 3.63) is 76.3 Å². The Kier molecular flexibility index (Phi) is 5.50. The van der Waals surface area contributed by atoms with Gasteiger partial charge in [-0.2, -0.15) is 0 Å². The maximum atomic E-state index is 12.5. The first-order chi connectivity index (χ1) is 10.6. The number of halogens is 1. The molecule has 3 nitrogen and oxygen atoms in total. The maximum absolute atomic E-state index is 12.5. The van der Waals surface area contributed by atoms with Crippen molar-refractivity contribution >= 4 is 29.4 Å². The van der Waals surface area contributed by atoms with Crippen molar-refractivity contribution in [1.29, 1.82) is 0 Å². The van der Waals surface area contributed by atoms with E-state index in [2.05, 4.69) is 0 Å². The van der Waals surface area contributed by atoms with Gasteiger partial charge in [0.25, 0.3) is 0 Å². The molecule has 2 rings (SSSR count). The molecule has 0 spiro atoms. The van der Waals surface area contributed by atoms with Crippen molar-refractivity contribution < 1.29 is 14.3 Å². The van der Waals surface area contributed by atoms with Gasteiger partial charge in [0.05, 0.1) is 6.61 Å². The van der Waals surface area contributed by atoms with Crippen LogP contribution in [0.1, 0.15) is 22.8 Å². The highest BCUT2D eigenvalue weighted by atomic mass is 35.5. The number of Topliss-reactive ketones (excluding diaryl/α,β-unsaturated/α-hetero) is 1. The zero-order valence-corrected chi connectivity index (χ0v) is 12.8. The molecule has 2 aromatic rings. The van der Waals surface area contributed by atoms with Crippen LogP contribution in [-0.2, 0) is 9.53 Å². The van der Waals surface area contributed by atoms with Gasteiger partial charge in [-0.15, -0.1) is 0 Å². The van der Waals surface area contributed by atoms with Crippen molar-refractivity contribution in [2.24, 2.45) is 0 Å². The fraction of sp³-hybridized carbons (Fsp3) is 0.111. The highest BCUT2D eigenvalue weighted by Crippen LogP contribution is 2.16. The molecular formula is C18H15ClO3. The van der Waals surface area contributed by atoms with Crippen LogP contribution in [-0.4, -0.2) is 18.4 Å². The summed E-state index contributed by atoms with van der Waals surface area (Å²) in [6, 6.07) is 15.5. The molecule has 0 unspecified atom stereocenters. The van der Waals surface area contributed by atoms with Crippen LogP contribution in [0.15, 0.2) is 60.2 Å². The predicted octanol–water partition coefficient (Wildman–Crippen LogP) is 4.17. The minimum atomic E-state index is -0.633. The van der Waals surface area contributed by atoms with Crippen LogP contribution in [0, 0.1) is 0 Å². The van der Waals surface area contributed by atoms with Gasteiger partial charge in [-0.1, -0.05) is 54.1 Å². The molecular weight excluding hydrogens is 300 g/mol. The van der Waals surface area contributed by atoms with Gasteiger partial charge in [0.15, 0.2) is 5.78 Å². The van der Waals surface area contributed by atoms with Crippen molar-refractivity contribution in [3.8, 4) is 0 Å². The summed E-state index contributed by atoms with van der Waals surface area (Å²) in [6.07, 6.45) is 1.52. The molecule has 0 aliphatic rings. The predicted molar refractivity (Wildman–Crippen MR) is 86.8 cm³/mol. The zero-order chi connectivity index (χ0) is 15.9. The van der Waals surface area contributed by atoms with Crippen LogP contribution < -0.4 is 0 Å². The maximum Gasteiger partial charge on any atom is 0.342 e. The topological polar surface area (TPSA) is 43.4 Å². The third kappa shape index (κ3) is 4.06. The van der Waals surface area contributed by atoms with Gasteiger partial charge >= 0.3 is 5.97 Å². The molecule has 22 heavy (non-hydrogen) atoms. The molecule has 0 aliphatic heterocycles. The van der Waals surface area contributed by atoms with E-state index in [1.165, 1.54) is 6.08 Å². The summed E-state index contributed by atoms with van der Waals surface area (Å²) >= 11 is 5.84. The minimum absolute atomic E-state index is 0.00428. The fourth-order valence-electron chi connectivity index (χ4n) is 1.90. The summed E-state index contributed by atoms with van der Waals surface area (Å²) in [5, 5.41) is 0.587. The number of rotatable bonds is 5. The van der Waals surface area contributed by atoms with E-state index in [4.69, 9.17) is 16.3 Å². The van der Waals surface area contributed by atoms with E-state index in [-0.39, 0.29) is 18.0 Å². The molecule has 112 valence electrons. The second-order valence-corrected chi connectivity index (χ2v) is 4.96. The monoisotopic (exact) mass is 314 g/mol. The lowest BCUT2D eigenvalue weighted by molar-refractivity contribution is -0.137. The van der Waals surface area contributed by atoms with Crippen molar-refractivity contribution in [1.82, 2.24) is 0 Å². The van der Waals surface area contributed by atoms with Crippen LogP contribution in [0.2, 0.25) is 5.02 Å². The number of carbonyl (C=O) groups is 2. The van der Waals surface area contributed by atoms with Gasteiger partial charge < -0.3 is 4.74 Å². The normalized spacial score (nSPS) is 11.1. The lowest BCUT2D eigenvalue weighted by Gasteiger charge is -2.07. The lowest BCUT2D eigenvalue weighted by atomic mass is 10.0. The molecule has 0 amide bonds. The van der Waals surface area contributed by atoms with E-state index in [1.54, 1.807) is 55.5 Å². The number of ketones is 1. The van der Waals surface area contributed by atoms with Gasteiger partial charge in [-0.25, -0.2) is 4.79 Å². The van der Waals surface area contributed by atoms with Crippen molar-refractivity contribution in [3.63, 3.8) is 0 Å². The van der Waals surface area contributed by atoms with E-state index in [0.717, 1.165) is 0 Å². The molecule has 0 heterocycles. The van der Waals surface area contributed by atoms with E-state index in [1.807, 2.05) is 6.07 Å². The summed E-state index contributed by atoms with van der Waals surface area (Å²) in [4.78, 5) is 24.6. The molecule has 0 bridgehead atoms. The Labute approximate surface area is 134 Å². The standard InChI is InChI=1S/C18H15ClO3/c1-2-22-18(21)16(12-13-8-10-15(19)11-9-13)17(20)14-6-4-3-5-7-14/h3-12H,2H2,1H3. The number of hydrogen-bond donors (Lipinski definition) is 0. The van der Waals surface area contributed by atoms with Gasteiger partial charge in [0, 0.05) is 10.6 Å².